The van der Waals surface area contributed by atoms with Gasteiger partial charge in [0.05, 0.1) is 17.1 Å². The number of hydrogen-bond acceptors (Lipinski definition) is 2. The highest BCUT2D eigenvalue weighted by atomic mass is 15.2. The second kappa shape index (κ2) is 9.18. The van der Waals surface area contributed by atoms with Crippen molar-refractivity contribution in [2.24, 2.45) is 0 Å². The van der Waals surface area contributed by atoms with Crippen LogP contribution in [0.5, 0.6) is 0 Å². The van der Waals surface area contributed by atoms with E-state index in [2.05, 4.69) is 169 Å². The van der Waals surface area contributed by atoms with Crippen LogP contribution in [0.1, 0.15) is 25.0 Å². The number of hydrogen-bond donors (Lipinski definition) is 0. The SMILES string of the molecule is CC1(C)c2ccccc2N(c2ccccc2)c2cc(N(c3ccccc3)c3cccc4ccccc34)ccc21. The van der Waals surface area contributed by atoms with Crippen molar-refractivity contribution in [3.05, 3.63) is 157 Å². The van der Waals surface area contributed by atoms with E-state index in [0.29, 0.717) is 0 Å². The standard InChI is InChI=1S/C37H30N2/c1-37(2)32-21-11-12-22-35(32)39(29-18-7-4-8-19-29)36-26-30(24-25-33(36)37)38(28-16-5-3-6-17-28)34-23-13-15-27-14-9-10-20-31(27)34/h3-26H,1-2H3. The summed E-state index contributed by atoms with van der Waals surface area (Å²) in [6.45, 7) is 4.68. The molecule has 0 unspecified atom stereocenters. The lowest BCUT2D eigenvalue weighted by atomic mass is 9.73. The third-order valence-electron chi connectivity index (χ3n) is 8.01. The molecule has 0 aliphatic carbocycles. The van der Waals surface area contributed by atoms with Gasteiger partial charge in [0, 0.05) is 27.9 Å². The van der Waals surface area contributed by atoms with Gasteiger partial charge in [-0.25, -0.2) is 0 Å². The summed E-state index contributed by atoms with van der Waals surface area (Å²) in [5, 5.41) is 2.46. The monoisotopic (exact) mass is 502 g/mol. The van der Waals surface area contributed by atoms with Gasteiger partial charge in [0.15, 0.2) is 0 Å². The van der Waals surface area contributed by atoms with Crippen LogP contribution in [0.15, 0.2) is 146 Å². The molecule has 39 heavy (non-hydrogen) atoms. The molecule has 0 N–H and O–H groups in total. The lowest BCUT2D eigenvalue weighted by Gasteiger charge is -2.42. The zero-order valence-electron chi connectivity index (χ0n) is 22.3. The van der Waals surface area contributed by atoms with Crippen LogP contribution in [0, 0.1) is 0 Å². The van der Waals surface area contributed by atoms with Gasteiger partial charge in [-0.3, -0.25) is 0 Å². The maximum absolute atomic E-state index is 2.42. The quantitative estimate of drug-likeness (QED) is 0.236. The molecule has 0 spiro atoms. The molecule has 1 aliphatic heterocycles. The van der Waals surface area contributed by atoms with Crippen molar-refractivity contribution >= 4 is 44.9 Å². The molecule has 1 heterocycles. The number of nitrogens with zero attached hydrogens (tertiary/aromatic N) is 2. The number of fused-ring (bicyclic) bond motifs is 3. The first kappa shape index (κ1) is 23.3. The van der Waals surface area contributed by atoms with Crippen molar-refractivity contribution in [1.29, 1.82) is 0 Å². The minimum absolute atomic E-state index is 0.132. The van der Waals surface area contributed by atoms with E-state index in [-0.39, 0.29) is 5.41 Å². The molecule has 1 aliphatic rings. The first-order valence-electron chi connectivity index (χ1n) is 13.5. The number of anilines is 6. The second-order valence-corrected chi connectivity index (χ2v) is 10.7. The predicted octanol–water partition coefficient (Wildman–Crippen LogP) is 10.4. The summed E-state index contributed by atoms with van der Waals surface area (Å²) in [6.07, 6.45) is 0. The largest absolute Gasteiger partial charge is 0.310 e. The average Bonchev–Trinajstić information content (AvgIpc) is 2.99. The lowest BCUT2D eigenvalue weighted by Crippen LogP contribution is -2.30. The Balaban J connectivity index is 1.50. The summed E-state index contributed by atoms with van der Waals surface area (Å²) >= 11 is 0. The minimum Gasteiger partial charge on any atom is -0.310 e. The highest BCUT2D eigenvalue weighted by Crippen LogP contribution is 2.53. The van der Waals surface area contributed by atoms with Gasteiger partial charge in [-0.15, -0.1) is 0 Å². The number of benzene rings is 6. The van der Waals surface area contributed by atoms with E-state index in [4.69, 9.17) is 0 Å². The molecule has 0 saturated carbocycles. The predicted molar refractivity (Wildman–Crippen MR) is 165 cm³/mol. The molecule has 6 aromatic carbocycles. The molecule has 0 aromatic heterocycles. The summed E-state index contributed by atoms with van der Waals surface area (Å²) in [4.78, 5) is 4.81. The van der Waals surface area contributed by atoms with E-state index in [9.17, 15) is 0 Å². The molecule has 0 bridgehead atoms. The minimum atomic E-state index is -0.132. The zero-order chi connectivity index (χ0) is 26.4. The van der Waals surface area contributed by atoms with Crippen molar-refractivity contribution in [2.45, 2.75) is 19.3 Å². The Morgan fingerprint density at radius 3 is 1.97 bits per heavy atom. The topological polar surface area (TPSA) is 6.48 Å². The molecule has 0 saturated heterocycles. The lowest BCUT2D eigenvalue weighted by molar-refractivity contribution is 0.632. The smallest absolute Gasteiger partial charge is 0.0540 e. The van der Waals surface area contributed by atoms with Gasteiger partial charge >= 0.3 is 0 Å². The Morgan fingerprint density at radius 2 is 1.15 bits per heavy atom. The van der Waals surface area contributed by atoms with Crippen molar-refractivity contribution in [3.8, 4) is 0 Å². The summed E-state index contributed by atoms with van der Waals surface area (Å²) < 4.78 is 0. The fraction of sp³-hybridized carbons (Fsp3) is 0.0811. The third kappa shape index (κ3) is 3.80. The summed E-state index contributed by atoms with van der Waals surface area (Å²) in [5.74, 6) is 0. The molecule has 2 nitrogen and oxygen atoms in total. The van der Waals surface area contributed by atoms with Crippen LogP contribution >= 0.6 is 0 Å². The van der Waals surface area contributed by atoms with Crippen LogP contribution in [0.3, 0.4) is 0 Å². The molecule has 0 atom stereocenters. The Bertz CT molecular complexity index is 1780. The van der Waals surface area contributed by atoms with Crippen LogP contribution in [0.25, 0.3) is 10.8 Å². The van der Waals surface area contributed by atoms with Gasteiger partial charge in [0.2, 0.25) is 0 Å². The van der Waals surface area contributed by atoms with Crippen molar-refractivity contribution in [3.63, 3.8) is 0 Å². The van der Waals surface area contributed by atoms with E-state index in [1.54, 1.807) is 0 Å². The Hall–Kier alpha value is -4.82. The van der Waals surface area contributed by atoms with Gasteiger partial charge in [-0.05, 0) is 65.0 Å². The maximum Gasteiger partial charge on any atom is 0.0540 e. The number of para-hydroxylation sites is 3. The van der Waals surface area contributed by atoms with E-state index >= 15 is 0 Å². The Kier molecular flexibility index (Phi) is 5.49. The highest BCUT2D eigenvalue weighted by Gasteiger charge is 2.37. The van der Waals surface area contributed by atoms with E-state index in [1.165, 1.54) is 39.0 Å². The molecule has 0 fully saturated rings. The van der Waals surface area contributed by atoms with E-state index in [1.807, 2.05) is 0 Å². The van der Waals surface area contributed by atoms with Crippen LogP contribution in [-0.4, -0.2) is 0 Å². The van der Waals surface area contributed by atoms with Crippen LogP contribution in [0.2, 0.25) is 0 Å². The summed E-state index contributed by atoms with van der Waals surface area (Å²) in [5.41, 5.74) is 9.56. The van der Waals surface area contributed by atoms with Gasteiger partial charge in [-0.1, -0.05) is 111 Å². The van der Waals surface area contributed by atoms with Crippen LogP contribution < -0.4 is 9.80 Å². The first-order valence-corrected chi connectivity index (χ1v) is 13.5. The average molecular weight is 503 g/mol. The zero-order valence-corrected chi connectivity index (χ0v) is 22.3. The fourth-order valence-corrected chi connectivity index (χ4v) is 6.11. The van der Waals surface area contributed by atoms with Crippen molar-refractivity contribution in [2.75, 3.05) is 9.80 Å². The Morgan fingerprint density at radius 1 is 0.513 bits per heavy atom. The molecular formula is C37H30N2. The molecule has 188 valence electrons. The molecule has 6 aromatic rings. The number of rotatable bonds is 4. The Labute approximate surface area is 230 Å². The summed E-state index contributed by atoms with van der Waals surface area (Å²) in [6, 6.07) is 52.4. The second-order valence-electron chi connectivity index (χ2n) is 10.7. The normalized spacial score (nSPS) is 13.5. The van der Waals surface area contributed by atoms with E-state index < -0.39 is 0 Å². The highest BCUT2D eigenvalue weighted by molar-refractivity contribution is 5.99. The van der Waals surface area contributed by atoms with Gasteiger partial charge in [-0.2, -0.15) is 0 Å². The maximum atomic E-state index is 2.42. The van der Waals surface area contributed by atoms with Crippen LogP contribution in [-0.2, 0) is 5.41 Å². The first-order chi connectivity index (χ1) is 19.1. The third-order valence-corrected chi connectivity index (χ3v) is 8.01. The van der Waals surface area contributed by atoms with Crippen LogP contribution in [0.4, 0.5) is 34.1 Å². The van der Waals surface area contributed by atoms with Gasteiger partial charge < -0.3 is 9.80 Å². The molecule has 0 radical (unpaired) electrons. The molecule has 2 heteroatoms. The van der Waals surface area contributed by atoms with Gasteiger partial charge in [0.1, 0.15) is 0 Å². The molecule has 7 rings (SSSR count). The van der Waals surface area contributed by atoms with E-state index in [0.717, 1.165) is 17.1 Å². The molecular weight excluding hydrogens is 472 g/mol. The van der Waals surface area contributed by atoms with Crippen molar-refractivity contribution in [1.82, 2.24) is 0 Å². The van der Waals surface area contributed by atoms with Crippen molar-refractivity contribution < 1.29 is 0 Å². The van der Waals surface area contributed by atoms with Gasteiger partial charge in [0.25, 0.3) is 0 Å². The molecule has 0 amide bonds. The summed E-state index contributed by atoms with van der Waals surface area (Å²) in [7, 11) is 0. The fourth-order valence-electron chi connectivity index (χ4n) is 6.11.